The van der Waals surface area contributed by atoms with Gasteiger partial charge >= 0.3 is 12.1 Å². The lowest BCUT2D eigenvalue weighted by atomic mass is 9.95. The van der Waals surface area contributed by atoms with Crippen molar-refractivity contribution in [3.05, 3.63) is 82.6 Å². The van der Waals surface area contributed by atoms with Crippen molar-refractivity contribution in [2.45, 2.75) is 68.3 Å². The van der Waals surface area contributed by atoms with E-state index in [-0.39, 0.29) is 23.4 Å². The predicted octanol–water partition coefficient (Wildman–Crippen LogP) is 4.22. The van der Waals surface area contributed by atoms with Crippen LogP contribution in [0.3, 0.4) is 0 Å². The number of carbonyl (C=O) groups is 4. The Kier molecular flexibility index (Phi) is 9.47. The van der Waals surface area contributed by atoms with Crippen molar-refractivity contribution >= 4 is 41.9 Å². The van der Waals surface area contributed by atoms with Gasteiger partial charge in [-0.2, -0.15) is 0 Å². The number of β-lactam (4-membered cyclic amide) rings is 1. The van der Waals surface area contributed by atoms with E-state index in [1.54, 1.807) is 41.2 Å². The Balaban J connectivity index is 1.29. The van der Waals surface area contributed by atoms with Crippen LogP contribution in [0.4, 0.5) is 4.79 Å². The summed E-state index contributed by atoms with van der Waals surface area (Å²) in [5.41, 5.74) is 1.46. The van der Waals surface area contributed by atoms with Crippen LogP contribution in [0, 0.1) is 0 Å². The van der Waals surface area contributed by atoms with Crippen LogP contribution in [0.25, 0.3) is 0 Å². The van der Waals surface area contributed by atoms with E-state index in [1.807, 2.05) is 45.0 Å². The Morgan fingerprint density at radius 2 is 1.82 bits per heavy atom. The number of allylic oxidation sites excluding steroid dienone is 1. The third-order valence-corrected chi connectivity index (χ3v) is 10.5. The van der Waals surface area contributed by atoms with E-state index >= 15 is 0 Å². The summed E-state index contributed by atoms with van der Waals surface area (Å²) in [7, 11) is 1.58. The number of ether oxygens (including phenoxy) is 2. The second-order valence-electron chi connectivity index (χ2n) is 13.5. The van der Waals surface area contributed by atoms with Gasteiger partial charge in [0.25, 0.3) is 5.91 Å². The normalized spacial score (nSPS) is 24.9. The zero-order valence-corrected chi connectivity index (χ0v) is 28.7. The third kappa shape index (κ3) is 7.03. The Bertz CT molecular complexity index is 1750. The van der Waals surface area contributed by atoms with E-state index in [4.69, 9.17) is 9.47 Å². The Morgan fingerprint density at radius 1 is 1.08 bits per heavy atom. The molecular formula is C36H40N4O8S. The topological polar surface area (TPSA) is 149 Å². The number of carbonyl (C=O) groups excluding carboxylic acids is 3. The summed E-state index contributed by atoms with van der Waals surface area (Å²) in [6, 6.07) is 13.1. The Labute approximate surface area is 289 Å². The van der Waals surface area contributed by atoms with E-state index in [1.165, 1.54) is 28.9 Å². The van der Waals surface area contributed by atoms with Crippen LogP contribution in [0.5, 0.6) is 11.5 Å². The van der Waals surface area contributed by atoms with E-state index in [9.17, 15) is 29.4 Å². The number of fused-ring (bicyclic) bond motifs is 1. The number of nitrogens with zero attached hydrogens (tertiary/aromatic N) is 4. The van der Waals surface area contributed by atoms with E-state index in [0.717, 1.165) is 5.56 Å². The number of amides is 3. The molecule has 2 aromatic carbocycles. The molecule has 6 rings (SSSR count). The number of benzene rings is 2. The van der Waals surface area contributed by atoms with Gasteiger partial charge in [0.15, 0.2) is 6.04 Å². The zero-order valence-electron chi connectivity index (χ0n) is 27.9. The fourth-order valence-electron chi connectivity index (χ4n) is 6.56. The first-order chi connectivity index (χ1) is 23.3. The van der Waals surface area contributed by atoms with E-state index < -0.39 is 40.2 Å². The fraction of sp³-hybridized carbons (Fsp3) is 0.417. The molecule has 49 heavy (non-hydrogen) atoms. The molecule has 12 nitrogen and oxygen atoms in total. The molecule has 0 spiro atoms. The number of aliphatic imine (C=N–C) groups is 1. The molecule has 0 saturated carbocycles. The first kappa shape index (κ1) is 34.1. The van der Waals surface area contributed by atoms with Crippen molar-refractivity contribution in [3.63, 3.8) is 0 Å². The van der Waals surface area contributed by atoms with Gasteiger partial charge in [0.05, 0.1) is 13.2 Å². The second kappa shape index (κ2) is 13.6. The number of carboxylic acids is 1. The number of likely N-dealkylation sites (tertiary alicyclic amines) is 2. The number of thioether (sulfide) groups is 1. The molecule has 0 aliphatic carbocycles. The number of hydrogen-bond acceptors (Lipinski definition) is 9. The molecule has 2 aromatic rings. The summed E-state index contributed by atoms with van der Waals surface area (Å²) in [4.78, 5) is 62.0. The van der Waals surface area contributed by atoms with E-state index in [0.29, 0.717) is 61.4 Å². The van der Waals surface area contributed by atoms with Gasteiger partial charge in [0, 0.05) is 42.2 Å². The highest BCUT2D eigenvalue weighted by molar-refractivity contribution is 8.00. The van der Waals surface area contributed by atoms with Crippen LogP contribution in [0.15, 0.2) is 76.4 Å². The third-order valence-electron chi connectivity index (χ3n) is 9.02. The number of aromatic hydroxyl groups is 1. The summed E-state index contributed by atoms with van der Waals surface area (Å²) in [6.07, 6.45) is 4.15. The van der Waals surface area contributed by atoms with Crippen LogP contribution in [-0.2, 0) is 25.5 Å². The van der Waals surface area contributed by atoms with Crippen molar-refractivity contribution in [2.75, 3.05) is 26.7 Å². The van der Waals surface area contributed by atoms with Gasteiger partial charge in [-0.15, -0.1) is 11.8 Å². The lowest BCUT2D eigenvalue weighted by molar-refractivity contribution is -0.147. The zero-order chi connectivity index (χ0) is 35.0. The molecule has 3 amide bonds. The van der Waals surface area contributed by atoms with Crippen LogP contribution >= 0.6 is 11.8 Å². The van der Waals surface area contributed by atoms with Gasteiger partial charge in [-0.05, 0) is 81.5 Å². The molecule has 0 radical (unpaired) electrons. The summed E-state index contributed by atoms with van der Waals surface area (Å²) in [5, 5.41) is 19.7. The quantitative estimate of drug-likeness (QED) is 0.236. The molecule has 4 aliphatic rings. The van der Waals surface area contributed by atoms with Gasteiger partial charge in [-0.1, -0.05) is 24.3 Å². The van der Waals surface area contributed by atoms with E-state index in [2.05, 4.69) is 4.99 Å². The Morgan fingerprint density at radius 3 is 2.49 bits per heavy atom. The number of aliphatic carboxylic acids is 1. The standard InChI is InChI=1S/C36H40N4O8S/c1-36(2,3)48-35(46)38-15-14-24(20-38)39-16-13-22(31(39)42)18-26-28(17-21-9-11-25(47-4)12-10-21)49-33-29(32(43)40(33)30(26)34(44)45)37-19-23-7-5-6-8-27(23)41/h5-12,18-19,24,28-29,33,41H,13-17,20H2,1-4H3,(H,44,45)/t24-,28?,29-,33?/m1/s1. The predicted molar refractivity (Wildman–Crippen MR) is 183 cm³/mol. The molecule has 13 heteroatoms. The summed E-state index contributed by atoms with van der Waals surface area (Å²) < 4.78 is 10.8. The summed E-state index contributed by atoms with van der Waals surface area (Å²) in [6.45, 7) is 6.71. The fourth-order valence-corrected chi connectivity index (χ4v) is 8.18. The lowest BCUT2D eigenvalue weighted by Crippen LogP contribution is -2.65. The van der Waals surface area contributed by atoms with Crippen molar-refractivity contribution in [3.8, 4) is 11.5 Å². The lowest BCUT2D eigenvalue weighted by Gasteiger charge is -2.49. The molecule has 0 aromatic heterocycles. The molecule has 3 fully saturated rings. The highest BCUT2D eigenvalue weighted by Gasteiger charge is 2.55. The number of hydrogen-bond donors (Lipinski definition) is 2. The minimum absolute atomic E-state index is 0.0222. The largest absolute Gasteiger partial charge is 0.507 e. The molecule has 0 bridgehead atoms. The maximum absolute atomic E-state index is 13.8. The molecule has 4 aliphatic heterocycles. The van der Waals surface area contributed by atoms with Gasteiger partial charge < -0.3 is 29.5 Å². The highest BCUT2D eigenvalue weighted by atomic mass is 32.2. The minimum Gasteiger partial charge on any atom is -0.507 e. The molecular weight excluding hydrogens is 648 g/mol. The number of methoxy groups -OCH3 is 1. The molecule has 258 valence electrons. The SMILES string of the molecule is COc1ccc(CC2SC3[C@H](N=Cc4ccccc4O)C(=O)N3C(C(=O)O)=C2C=C2CCN([C@@H]3CCN(C(=O)OC(C)(C)C)C3)C2=O)cc1. The van der Waals surface area contributed by atoms with Gasteiger partial charge in [-0.3, -0.25) is 19.5 Å². The smallest absolute Gasteiger partial charge is 0.410 e. The van der Waals surface area contributed by atoms with Crippen LogP contribution in [0.2, 0.25) is 0 Å². The summed E-state index contributed by atoms with van der Waals surface area (Å²) in [5.74, 6) is -1.22. The maximum Gasteiger partial charge on any atom is 0.410 e. The van der Waals surface area contributed by atoms with Crippen molar-refractivity contribution in [1.82, 2.24) is 14.7 Å². The first-order valence-corrected chi connectivity index (χ1v) is 17.2. The molecule has 4 heterocycles. The van der Waals surface area contributed by atoms with Gasteiger partial charge in [0.1, 0.15) is 28.2 Å². The summed E-state index contributed by atoms with van der Waals surface area (Å²) >= 11 is 1.43. The minimum atomic E-state index is -1.26. The average molecular weight is 689 g/mol. The van der Waals surface area contributed by atoms with Crippen molar-refractivity contribution in [2.24, 2.45) is 4.99 Å². The average Bonchev–Trinajstić information content (AvgIpc) is 3.69. The van der Waals surface area contributed by atoms with Gasteiger partial charge in [-0.25, -0.2) is 9.59 Å². The number of phenols is 1. The number of para-hydroxylation sites is 1. The second-order valence-corrected chi connectivity index (χ2v) is 14.8. The number of rotatable bonds is 8. The highest BCUT2D eigenvalue weighted by Crippen LogP contribution is 2.47. The maximum atomic E-state index is 13.8. The number of phenolic OH excluding ortho intramolecular Hbond substituents is 1. The van der Waals surface area contributed by atoms with Crippen molar-refractivity contribution in [1.29, 1.82) is 0 Å². The molecule has 4 atom stereocenters. The van der Waals surface area contributed by atoms with Crippen LogP contribution < -0.4 is 4.74 Å². The van der Waals surface area contributed by atoms with Crippen LogP contribution in [-0.4, -0.2) is 110 Å². The van der Waals surface area contributed by atoms with Crippen LogP contribution in [0.1, 0.15) is 44.7 Å². The molecule has 2 N–H and O–H groups in total. The number of carboxylic acid groups (broad SMARTS) is 1. The molecule has 2 unspecified atom stereocenters. The van der Waals surface area contributed by atoms with Gasteiger partial charge in [0.2, 0.25) is 5.91 Å². The Hall–Kier alpha value is -4.78. The monoisotopic (exact) mass is 688 g/mol. The molecule has 3 saturated heterocycles. The van der Waals surface area contributed by atoms with Crippen molar-refractivity contribution < 1.29 is 38.9 Å². The first-order valence-electron chi connectivity index (χ1n) is 16.2.